The number of hydrogen-bond donors (Lipinski definition) is 4. The Balaban J connectivity index is 1.91. The summed E-state index contributed by atoms with van der Waals surface area (Å²) < 4.78 is 15.1. The van der Waals surface area contributed by atoms with Crippen molar-refractivity contribution in [2.24, 2.45) is 0 Å². The number of benzene rings is 1. The van der Waals surface area contributed by atoms with Crippen molar-refractivity contribution in [3.05, 3.63) is 41.6 Å². The molecule has 1 amide bonds. The van der Waals surface area contributed by atoms with E-state index in [0.29, 0.717) is 27.8 Å². The molecule has 3 aromatic rings. The number of pyridine rings is 2. The van der Waals surface area contributed by atoms with Crippen molar-refractivity contribution in [2.75, 3.05) is 22.9 Å². The molecule has 0 aliphatic carbocycles. The molecule has 0 fully saturated rings. The second-order valence-electron chi connectivity index (χ2n) is 7.05. The molecule has 0 saturated carbocycles. The molecule has 0 radical (unpaired) electrons. The van der Waals surface area contributed by atoms with Gasteiger partial charge in [0, 0.05) is 41.4 Å². The van der Waals surface area contributed by atoms with Gasteiger partial charge in [0.2, 0.25) is 0 Å². The van der Waals surface area contributed by atoms with Gasteiger partial charge in [0.25, 0.3) is 0 Å². The number of halogens is 1. The van der Waals surface area contributed by atoms with E-state index < -0.39 is 11.9 Å². The number of fused-ring (bicyclic) bond motifs is 2. The molecule has 1 aliphatic rings. The van der Waals surface area contributed by atoms with Crippen LogP contribution in [0.2, 0.25) is 0 Å². The van der Waals surface area contributed by atoms with Crippen LogP contribution >= 0.6 is 0 Å². The molecule has 4 rings (SSSR count). The third-order valence-electron chi connectivity index (χ3n) is 5.24. The van der Waals surface area contributed by atoms with Crippen LogP contribution in [0.15, 0.2) is 24.5 Å². The molecule has 1 atom stereocenters. The Hall–Kier alpha value is -3.42. The number of amides is 1. The molecule has 7 nitrogen and oxygen atoms in total. The van der Waals surface area contributed by atoms with Crippen LogP contribution in [0.5, 0.6) is 0 Å². The highest BCUT2D eigenvalue weighted by Crippen LogP contribution is 2.40. The topological polar surface area (TPSA) is 113 Å². The fourth-order valence-electron chi connectivity index (χ4n) is 3.71. The lowest BCUT2D eigenvalue weighted by Crippen LogP contribution is -2.18. The molecule has 0 unspecified atom stereocenters. The average Bonchev–Trinajstić information content (AvgIpc) is 2.65. The van der Waals surface area contributed by atoms with Gasteiger partial charge in [-0.25, -0.2) is 14.2 Å². The zero-order valence-corrected chi connectivity index (χ0v) is 15.5. The summed E-state index contributed by atoms with van der Waals surface area (Å²) in [5.41, 5.74) is 9.81. The Morgan fingerprint density at radius 3 is 2.86 bits per heavy atom. The number of hydrogen-bond acceptors (Lipinski definition) is 5. The van der Waals surface area contributed by atoms with Crippen LogP contribution in [0, 0.1) is 12.7 Å². The zero-order chi connectivity index (χ0) is 20.0. The predicted octanol–water partition coefficient (Wildman–Crippen LogP) is 4.34. The Labute approximate surface area is 160 Å². The number of nitrogen functional groups attached to an aromatic ring is 1. The van der Waals surface area contributed by atoms with E-state index in [1.807, 2.05) is 6.92 Å². The summed E-state index contributed by atoms with van der Waals surface area (Å²) in [7, 11) is 0. The Bertz CT molecular complexity index is 1120. The van der Waals surface area contributed by atoms with Crippen molar-refractivity contribution in [1.82, 2.24) is 9.97 Å². The Kier molecular flexibility index (Phi) is 4.26. The first-order valence-corrected chi connectivity index (χ1v) is 8.98. The number of rotatable bonds is 2. The lowest BCUT2D eigenvalue weighted by atomic mass is 9.91. The van der Waals surface area contributed by atoms with Crippen LogP contribution in [0.4, 0.5) is 26.4 Å². The molecule has 2 aromatic heterocycles. The molecule has 0 spiro atoms. The van der Waals surface area contributed by atoms with E-state index in [1.54, 1.807) is 12.3 Å². The molecule has 8 heteroatoms. The van der Waals surface area contributed by atoms with Gasteiger partial charge in [-0.1, -0.05) is 6.92 Å². The summed E-state index contributed by atoms with van der Waals surface area (Å²) in [6.07, 6.45) is 2.82. The molecule has 5 N–H and O–H groups in total. The van der Waals surface area contributed by atoms with Gasteiger partial charge in [-0.15, -0.1) is 0 Å². The first kappa shape index (κ1) is 18.0. The molecular formula is C20H20FN5O2. The SMILES string of the molecule is Cc1c(-c2cc3cc(NC(=O)O)ncc3c(N)c2F)cnc2c1NCC[C@@H]2C. The largest absolute Gasteiger partial charge is 0.465 e. The number of nitrogens with zero attached hydrogens (tertiary/aromatic N) is 2. The van der Waals surface area contributed by atoms with Gasteiger partial charge < -0.3 is 16.2 Å². The molecule has 1 aliphatic heterocycles. The summed E-state index contributed by atoms with van der Waals surface area (Å²) >= 11 is 0. The second kappa shape index (κ2) is 6.63. The molecule has 1 aromatic carbocycles. The van der Waals surface area contributed by atoms with Gasteiger partial charge >= 0.3 is 6.09 Å². The van der Waals surface area contributed by atoms with Gasteiger partial charge in [-0.05, 0) is 36.4 Å². The van der Waals surface area contributed by atoms with E-state index in [1.165, 1.54) is 12.3 Å². The maximum atomic E-state index is 15.1. The monoisotopic (exact) mass is 381 g/mol. The maximum Gasteiger partial charge on any atom is 0.410 e. The number of nitrogens with two attached hydrogens (primary N) is 1. The van der Waals surface area contributed by atoms with Crippen LogP contribution in [0.1, 0.15) is 30.5 Å². The molecule has 144 valence electrons. The van der Waals surface area contributed by atoms with Crippen molar-refractivity contribution < 1.29 is 14.3 Å². The molecule has 3 heterocycles. The van der Waals surface area contributed by atoms with Crippen LogP contribution < -0.4 is 16.4 Å². The number of aromatic nitrogens is 2. The third kappa shape index (κ3) is 2.87. The highest BCUT2D eigenvalue weighted by molar-refractivity contribution is 5.99. The van der Waals surface area contributed by atoms with Crippen LogP contribution in [0.25, 0.3) is 21.9 Å². The maximum absolute atomic E-state index is 15.1. The average molecular weight is 381 g/mol. The van der Waals surface area contributed by atoms with Gasteiger partial charge in [0.05, 0.1) is 17.1 Å². The van der Waals surface area contributed by atoms with E-state index in [9.17, 15) is 4.79 Å². The summed E-state index contributed by atoms with van der Waals surface area (Å²) in [4.78, 5) is 19.4. The van der Waals surface area contributed by atoms with E-state index in [2.05, 4.69) is 27.5 Å². The van der Waals surface area contributed by atoms with Crippen molar-refractivity contribution >= 4 is 34.1 Å². The Morgan fingerprint density at radius 1 is 1.32 bits per heavy atom. The third-order valence-corrected chi connectivity index (χ3v) is 5.24. The van der Waals surface area contributed by atoms with Crippen molar-refractivity contribution in [1.29, 1.82) is 0 Å². The summed E-state index contributed by atoms with van der Waals surface area (Å²) in [5, 5.41) is 15.5. The van der Waals surface area contributed by atoms with Gasteiger partial charge in [-0.2, -0.15) is 0 Å². The summed E-state index contributed by atoms with van der Waals surface area (Å²) in [6, 6.07) is 3.18. The highest BCUT2D eigenvalue weighted by atomic mass is 19.1. The smallest absolute Gasteiger partial charge is 0.410 e. The molecule has 28 heavy (non-hydrogen) atoms. The minimum Gasteiger partial charge on any atom is -0.465 e. The van der Waals surface area contributed by atoms with Crippen molar-refractivity contribution in [3.8, 4) is 11.1 Å². The normalized spacial score (nSPS) is 15.8. The quantitative estimate of drug-likeness (QED) is 0.491. The van der Waals surface area contributed by atoms with E-state index in [4.69, 9.17) is 10.8 Å². The minimum atomic E-state index is -1.22. The molecule has 0 bridgehead atoms. The first-order valence-electron chi connectivity index (χ1n) is 8.98. The Morgan fingerprint density at radius 2 is 2.11 bits per heavy atom. The number of carbonyl (C=O) groups is 1. The van der Waals surface area contributed by atoms with Crippen LogP contribution in [0.3, 0.4) is 0 Å². The standard InChI is InChI=1S/C20H20FN5O2/c1-9-3-4-23-19-10(2)13(7-25-18(9)19)12-5-11-6-15(26-20(27)28)24-8-14(11)17(22)16(12)21/h5-9,23H,3-4,22H2,1-2H3,(H,24,26)(H,27,28)/t9-/m0/s1. The van der Waals surface area contributed by atoms with Crippen LogP contribution in [-0.2, 0) is 0 Å². The summed E-state index contributed by atoms with van der Waals surface area (Å²) in [6.45, 7) is 4.91. The van der Waals surface area contributed by atoms with Crippen LogP contribution in [-0.4, -0.2) is 27.7 Å². The van der Waals surface area contributed by atoms with E-state index in [-0.39, 0.29) is 11.5 Å². The van der Waals surface area contributed by atoms with Gasteiger partial charge in [0.15, 0.2) is 5.82 Å². The van der Waals surface area contributed by atoms with Crippen molar-refractivity contribution in [3.63, 3.8) is 0 Å². The summed E-state index contributed by atoms with van der Waals surface area (Å²) in [5.74, 6) is -0.0547. The van der Waals surface area contributed by atoms with E-state index in [0.717, 1.165) is 29.9 Å². The zero-order valence-electron chi connectivity index (χ0n) is 15.5. The lowest BCUT2D eigenvalue weighted by Gasteiger charge is -2.26. The first-order chi connectivity index (χ1) is 13.4. The fourth-order valence-corrected chi connectivity index (χ4v) is 3.71. The van der Waals surface area contributed by atoms with Gasteiger partial charge in [0.1, 0.15) is 5.82 Å². The lowest BCUT2D eigenvalue weighted by molar-refractivity contribution is 0.209. The van der Waals surface area contributed by atoms with Gasteiger partial charge in [-0.3, -0.25) is 10.3 Å². The number of anilines is 3. The fraction of sp³-hybridized carbons (Fsp3) is 0.250. The number of nitrogens with one attached hydrogen (secondary N) is 2. The highest BCUT2D eigenvalue weighted by Gasteiger charge is 2.23. The predicted molar refractivity (Wildman–Crippen MR) is 107 cm³/mol. The number of carboxylic acid groups (broad SMARTS) is 1. The second-order valence-corrected chi connectivity index (χ2v) is 7.05. The molecule has 0 saturated heterocycles. The van der Waals surface area contributed by atoms with E-state index >= 15 is 4.39 Å². The molecular weight excluding hydrogens is 361 g/mol. The van der Waals surface area contributed by atoms with Crippen molar-refractivity contribution in [2.45, 2.75) is 26.2 Å². The minimum absolute atomic E-state index is 0.0275.